The summed E-state index contributed by atoms with van der Waals surface area (Å²) in [6.45, 7) is 2.16. The highest BCUT2D eigenvalue weighted by atomic mass is 35.5. The number of benzene rings is 1. The number of aromatic nitrogens is 1. The molecule has 0 N–H and O–H groups in total. The van der Waals surface area contributed by atoms with Crippen molar-refractivity contribution in [1.82, 2.24) is 13.8 Å². The van der Waals surface area contributed by atoms with Gasteiger partial charge in [-0.1, -0.05) is 23.7 Å². The SMILES string of the molecule is O=c1oc2ccccc2n1CN1CCN(S(=O)(=O)c2ccc(Cl)s2)CC1. The predicted molar refractivity (Wildman–Crippen MR) is 100 cm³/mol. The molecule has 26 heavy (non-hydrogen) atoms. The van der Waals surface area contributed by atoms with Crippen molar-refractivity contribution in [3.05, 3.63) is 51.3 Å². The topological polar surface area (TPSA) is 75.8 Å². The van der Waals surface area contributed by atoms with Crippen LogP contribution in [0.15, 0.2) is 49.8 Å². The summed E-state index contributed by atoms with van der Waals surface area (Å²) in [5.41, 5.74) is 1.29. The number of fused-ring (bicyclic) bond motifs is 1. The Bertz CT molecular complexity index is 1090. The molecule has 0 bridgehead atoms. The fourth-order valence-electron chi connectivity index (χ4n) is 3.02. The van der Waals surface area contributed by atoms with Crippen molar-refractivity contribution in [3.8, 4) is 0 Å². The van der Waals surface area contributed by atoms with E-state index in [4.69, 9.17) is 16.0 Å². The quantitative estimate of drug-likeness (QED) is 0.655. The van der Waals surface area contributed by atoms with Gasteiger partial charge < -0.3 is 4.42 Å². The zero-order valence-electron chi connectivity index (χ0n) is 13.7. The van der Waals surface area contributed by atoms with E-state index in [2.05, 4.69) is 0 Å². The molecule has 10 heteroatoms. The van der Waals surface area contributed by atoms with Crippen molar-refractivity contribution in [1.29, 1.82) is 0 Å². The molecule has 138 valence electrons. The normalized spacial score (nSPS) is 17.1. The van der Waals surface area contributed by atoms with E-state index in [0.29, 0.717) is 42.8 Å². The number of nitrogens with zero attached hydrogens (tertiary/aromatic N) is 3. The maximum Gasteiger partial charge on any atom is 0.421 e. The molecule has 1 aliphatic heterocycles. The molecule has 0 saturated carbocycles. The molecular weight excluding hydrogens is 398 g/mol. The molecule has 7 nitrogen and oxygen atoms in total. The molecule has 1 saturated heterocycles. The summed E-state index contributed by atoms with van der Waals surface area (Å²) >= 11 is 6.92. The van der Waals surface area contributed by atoms with E-state index in [-0.39, 0.29) is 4.21 Å². The van der Waals surface area contributed by atoms with Crippen LogP contribution in [0.1, 0.15) is 0 Å². The average Bonchev–Trinajstić information content (AvgIpc) is 3.20. The van der Waals surface area contributed by atoms with Crippen LogP contribution < -0.4 is 5.76 Å². The number of rotatable bonds is 4. The number of sulfonamides is 1. The third-order valence-electron chi connectivity index (χ3n) is 4.39. The molecule has 3 aromatic rings. The van der Waals surface area contributed by atoms with Crippen LogP contribution in [0.4, 0.5) is 0 Å². The van der Waals surface area contributed by atoms with Gasteiger partial charge in [-0.2, -0.15) is 4.31 Å². The predicted octanol–water partition coefficient (Wildman–Crippen LogP) is 2.27. The largest absolute Gasteiger partial charge is 0.421 e. The lowest BCUT2D eigenvalue weighted by molar-refractivity contribution is 0.150. The zero-order valence-corrected chi connectivity index (χ0v) is 16.1. The first-order valence-corrected chi connectivity index (χ1v) is 10.6. The maximum atomic E-state index is 12.6. The third kappa shape index (κ3) is 3.21. The van der Waals surface area contributed by atoms with Gasteiger partial charge in [0.05, 0.1) is 16.5 Å². The first kappa shape index (κ1) is 17.7. The van der Waals surface area contributed by atoms with Gasteiger partial charge in [0.25, 0.3) is 10.0 Å². The second kappa shape index (κ2) is 6.82. The molecule has 0 atom stereocenters. The molecule has 3 heterocycles. The summed E-state index contributed by atoms with van der Waals surface area (Å²) < 4.78 is 34.3. The summed E-state index contributed by atoms with van der Waals surface area (Å²) in [4.78, 5) is 14.1. The summed E-state index contributed by atoms with van der Waals surface area (Å²) in [6.07, 6.45) is 0. The van der Waals surface area contributed by atoms with Gasteiger partial charge >= 0.3 is 5.76 Å². The van der Waals surface area contributed by atoms with Gasteiger partial charge in [-0.3, -0.25) is 9.47 Å². The minimum Gasteiger partial charge on any atom is -0.408 e. The molecule has 0 unspecified atom stereocenters. The minimum absolute atomic E-state index is 0.257. The summed E-state index contributed by atoms with van der Waals surface area (Å²) in [5.74, 6) is -0.408. The van der Waals surface area contributed by atoms with Gasteiger partial charge in [-0.25, -0.2) is 13.2 Å². The average molecular weight is 414 g/mol. The number of halogens is 1. The number of hydrogen-bond acceptors (Lipinski definition) is 6. The maximum absolute atomic E-state index is 12.6. The molecule has 1 fully saturated rings. The van der Waals surface area contributed by atoms with E-state index >= 15 is 0 Å². The lowest BCUT2D eigenvalue weighted by atomic mass is 10.3. The second-order valence-corrected chi connectivity index (χ2v) is 9.87. The monoisotopic (exact) mass is 413 g/mol. The molecular formula is C16H16ClN3O4S2. The highest BCUT2D eigenvalue weighted by molar-refractivity contribution is 7.91. The third-order valence-corrected chi connectivity index (χ3v) is 7.99. The Morgan fingerprint density at radius 2 is 1.81 bits per heavy atom. The molecule has 1 aromatic carbocycles. The molecule has 0 aliphatic carbocycles. The Kier molecular flexibility index (Phi) is 4.66. The number of oxazole rings is 1. The van der Waals surface area contributed by atoms with Crippen molar-refractivity contribution >= 4 is 44.1 Å². The highest BCUT2D eigenvalue weighted by Crippen LogP contribution is 2.28. The lowest BCUT2D eigenvalue weighted by Crippen LogP contribution is -2.49. The van der Waals surface area contributed by atoms with E-state index < -0.39 is 15.8 Å². The Morgan fingerprint density at radius 1 is 1.08 bits per heavy atom. The Balaban J connectivity index is 1.47. The smallest absolute Gasteiger partial charge is 0.408 e. The van der Waals surface area contributed by atoms with Crippen molar-refractivity contribution in [2.45, 2.75) is 10.9 Å². The van der Waals surface area contributed by atoms with Crippen molar-refractivity contribution in [3.63, 3.8) is 0 Å². The van der Waals surface area contributed by atoms with Crippen LogP contribution in [0.25, 0.3) is 11.1 Å². The lowest BCUT2D eigenvalue weighted by Gasteiger charge is -2.33. The Morgan fingerprint density at radius 3 is 2.50 bits per heavy atom. The standard InChI is InChI=1S/C16H16ClN3O4S2/c17-14-5-6-15(25-14)26(22,23)19-9-7-18(8-10-19)11-20-12-3-1-2-4-13(12)24-16(20)21/h1-6H,7-11H2. The highest BCUT2D eigenvalue weighted by Gasteiger charge is 2.30. The van der Waals surface area contributed by atoms with E-state index in [1.807, 2.05) is 23.1 Å². The molecule has 0 amide bonds. The molecule has 1 aliphatic rings. The summed E-state index contributed by atoms with van der Waals surface area (Å²) in [5, 5.41) is 0. The van der Waals surface area contributed by atoms with Gasteiger partial charge in [-0.05, 0) is 24.3 Å². The minimum atomic E-state index is -3.52. The molecule has 4 rings (SSSR count). The van der Waals surface area contributed by atoms with Gasteiger partial charge in [0.1, 0.15) is 4.21 Å². The molecule has 0 spiro atoms. The van der Waals surface area contributed by atoms with Crippen LogP contribution in [-0.2, 0) is 16.7 Å². The van der Waals surface area contributed by atoms with E-state index in [0.717, 1.165) is 16.9 Å². The Hall–Kier alpha value is -1.65. The summed E-state index contributed by atoms with van der Waals surface area (Å²) in [6, 6.07) is 10.4. The fourth-order valence-corrected chi connectivity index (χ4v) is 6.08. The van der Waals surface area contributed by atoms with Crippen molar-refractivity contribution < 1.29 is 12.8 Å². The fraction of sp³-hybridized carbons (Fsp3) is 0.312. The van der Waals surface area contributed by atoms with Crippen LogP contribution in [0, 0.1) is 0 Å². The van der Waals surface area contributed by atoms with E-state index in [9.17, 15) is 13.2 Å². The first-order chi connectivity index (χ1) is 12.4. The van der Waals surface area contributed by atoms with Gasteiger partial charge in [0.2, 0.25) is 0 Å². The zero-order chi connectivity index (χ0) is 18.3. The van der Waals surface area contributed by atoms with E-state index in [1.165, 1.54) is 10.4 Å². The first-order valence-electron chi connectivity index (χ1n) is 8.01. The van der Waals surface area contributed by atoms with Crippen molar-refractivity contribution in [2.24, 2.45) is 0 Å². The van der Waals surface area contributed by atoms with Gasteiger partial charge in [0, 0.05) is 26.2 Å². The number of piperazine rings is 1. The molecule has 0 radical (unpaired) electrons. The van der Waals surface area contributed by atoms with Gasteiger partial charge in [-0.15, -0.1) is 11.3 Å². The van der Waals surface area contributed by atoms with Crippen LogP contribution in [0.2, 0.25) is 4.34 Å². The number of thiophene rings is 1. The van der Waals surface area contributed by atoms with Crippen LogP contribution >= 0.6 is 22.9 Å². The number of hydrogen-bond donors (Lipinski definition) is 0. The molecule has 2 aromatic heterocycles. The van der Waals surface area contributed by atoms with Crippen LogP contribution in [0.5, 0.6) is 0 Å². The van der Waals surface area contributed by atoms with Crippen LogP contribution in [0.3, 0.4) is 0 Å². The van der Waals surface area contributed by atoms with Crippen molar-refractivity contribution in [2.75, 3.05) is 26.2 Å². The number of para-hydroxylation sites is 2. The summed E-state index contributed by atoms with van der Waals surface area (Å²) in [7, 11) is -3.52. The van der Waals surface area contributed by atoms with Crippen LogP contribution in [-0.4, -0.2) is 48.4 Å². The Labute approximate surface area is 159 Å². The van der Waals surface area contributed by atoms with E-state index in [1.54, 1.807) is 16.7 Å². The van der Waals surface area contributed by atoms with Gasteiger partial charge in [0.15, 0.2) is 5.58 Å². The second-order valence-electron chi connectivity index (χ2n) is 5.99.